The molecule has 0 bridgehead atoms. The Morgan fingerprint density at radius 3 is 2.28 bits per heavy atom. The van der Waals surface area contributed by atoms with E-state index in [1.165, 1.54) is 12.1 Å². The van der Waals surface area contributed by atoms with Gasteiger partial charge in [0.15, 0.2) is 17.3 Å². The summed E-state index contributed by atoms with van der Waals surface area (Å²) in [5.41, 5.74) is -0.323. The third kappa shape index (κ3) is 3.48. The lowest BCUT2D eigenvalue weighted by Gasteiger charge is -2.16. The second kappa shape index (κ2) is 5.08. The lowest BCUT2D eigenvalue weighted by atomic mass is 9.91. The number of aromatic hydroxyl groups is 2. The fraction of sp³-hybridized carbons (Fsp3) is 0.385. The zero-order valence-corrected chi connectivity index (χ0v) is 10.7. The van der Waals surface area contributed by atoms with E-state index in [-0.39, 0.29) is 29.4 Å². The number of hydrogen-bond donors (Lipinski definition) is 3. The third-order valence-electron chi connectivity index (χ3n) is 2.48. The molecule has 18 heavy (non-hydrogen) atoms. The summed E-state index contributed by atoms with van der Waals surface area (Å²) in [4.78, 5) is 23.3. The van der Waals surface area contributed by atoms with Gasteiger partial charge in [0.2, 0.25) is 0 Å². The Balaban J connectivity index is 2.66. The van der Waals surface area contributed by atoms with E-state index < -0.39 is 11.3 Å². The summed E-state index contributed by atoms with van der Waals surface area (Å²) in [6.45, 7) is 5.25. The molecule has 0 saturated heterocycles. The van der Waals surface area contributed by atoms with E-state index in [2.05, 4.69) is 5.32 Å². The van der Waals surface area contributed by atoms with E-state index in [0.29, 0.717) is 0 Å². The predicted octanol–water partition coefficient (Wildman–Crippen LogP) is 1.44. The van der Waals surface area contributed by atoms with Crippen LogP contribution in [0.25, 0.3) is 0 Å². The maximum atomic E-state index is 11.7. The van der Waals surface area contributed by atoms with Crippen LogP contribution >= 0.6 is 0 Å². The van der Waals surface area contributed by atoms with Crippen LogP contribution in [0, 0.1) is 5.41 Å². The molecule has 5 nitrogen and oxygen atoms in total. The van der Waals surface area contributed by atoms with Crippen molar-refractivity contribution in [1.82, 2.24) is 5.32 Å². The number of ketones is 1. The summed E-state index contributed by atoms with van der Waals surface area (Å²) in [6, 6.07) is 3.73. The lowest BCUT2D eigenvalue weighted by molar-refractivity contribution is -0.125. The van der Waals surface area contributed by atoms with E-state index in [1.807, 2.05) is 0 Å². The van der Waals surface area contributed by atoms with E-state index in [4.69, 9.17) is 5.11 Å². The number of phenols is 2. The van der Waals surface area contributed by atoms with Crippen molar-refractivity contribution in [3.63, 3.8) is 0 Å². The number of hydrogen-bond acceptors (Lipinski definition) is 4. The predicted molar refractivity (Wildman–Crippen MR) is 66.6 cm³/mol. The maximum absolute atomic E-state index is 11.7. The molecular formula is C13H17NO4. The van der Waals surface area contributed by atoms with Crippen molar-refractivity contribution in [1.29, 1.82) is 0 Å². The maximum Gasteiger partial charge on any atom is 0.251 e. The first-order valence-corrected chi connectivity index (χ1v) is 5.55. The van der Waals surface area contributed by atoms with Crippen molar-refractivity contribution in [3.05, 3.63) is 23.8 Å². The number of phenolic OH excluding ortho intramolecular Hbond substituents is 2. The fourth-order valence-electron chi connectivity index (χ4n) is 1.19. The number of amides is 1. The Kier molecular flexibility index (Phi) is 3.96. The number of nitrogens with one attached hydrogen (secondary N) is 1. The average molecular weight is 251 g/mol. The van der Waals surface area contributed by atoms with Crippen molar-refractivity contribution in [2.24, 2.45) is 5.41 Å². The van der Waals surface area contributed by atoms with Gasteiger partial charge in [-0.1, -0.05) is 20.8 Å². The third-order valence-corrected chi connectivity index (χ3v) is 2.48. The summed E-state index contributed by atoms with van der Waals surface area (Å²) in [5, 5.41) is 20.8. The molecule has 1 rings (SSSR count). The number of Topliss-reactive ketones (excluding diaryl/α,β-unsaturated/α-hetero) is 1. The second-order valence-electron chi connectivity index (χ2n) is 5.06. The van der Waals surface area contributed by atoms with Gasteiger partial charge in [0.25, 0.3) is 5.91 Å². The highest BCUT2D eigenvalue weighted by atomic mass is 16.3. The van der Waals surface area contributed by atoms with Crippen LogP contribution in [0.4, 0.5) is 0 Å². The van der Waals surface area contributed by atoms with Crippen LogP contribution in [0.3, 0.4) is 0 Å². The van der Waals surface area contributed by atoms with Gasteiger partial charge in [-0.25, -0.2) is 0 Å². The molecule has 98 valence electrons. The molecule has 0 aromatic heterocycles. The first-order chi connectivity index (χ1) is 8.21. The highest BCUT2D eigenvalue weighted by Crippen LogP contribution is 2.24. The highest BCUT2D eigenvalue weighted by Gasteiger charge is 2.21. The molecule has 0 fully saturated rings. The Hall–Kier alpha value is -2.04. The molecule has 0 aliphatic heterocycles. The van der Waals surface area contributed by atoms with Crippen LogP contribution in [0.5, 0.6) is 11.5 Å². The first kappa shape index (κ1) is 14.0. The van der Waals surface area contributed by atoms with Gasteiger partial charge in [-0.05, 0) is 18.2 Å². The summed E-state index contributed by atoms with van der Waals surface area (Å²) in [7, 11) is 0. The number of benzene rings is 1. The van der Waals surface area contributed by atoms with Gasteiger partial charge >= 0.3 is 0 Å². The lowest BCUT2D eigenvalue weighted by Crippen LogP contribution is -2.35. The van der Waals surface area contributed by atoms with E-state index in [1.54, 1.807) is 20.8 Å². The highest BCUT2D eigenvalue weighted by molar-refractivity contribution is 5.98. The van der Waals surface area contributed by atoms with Gasteiger partial charge < -0.3 is 15.5 Å². The van der Waals surface area contributed by atoms with Gasteiger partial charge in [-0.2, -0.15) is 0 Å². The van der Waals surface area contributed by atoms with Crippen LogP contribution in [-0.4, -0.2) is 28.4 Å². The number of carbonyl (C=O) groups is 2. The minimum Gasteiger partial charge on any atom is -0.504 e. The van der Waals surface area contributed by atoms with E-state index >= 15 is 0 Å². The first-order valence-electron chi connectivity index (χ1n) is 5.55. The van der Waals surface area contributed by atoms with Crippen molar-refractivity contribution in [3.8, 4) is 11.5 Å². The van der Waals surface area contributed by atoms with E-state index in [0.717, 1.165) is 6.07 Å². The summed E-state index contributed by atoms with van der Waals surface area (Å²) < 4.78 is 0. The molecule has 0 aliphatic rings. The second-order valence-corrected chi connectivity index (χ2v) is 5.06. The quantitative estimate of drug-likeness (QED) is 0.709. The van der Waals surface area contributed by atoms with Crippen molar-refractivity contribution >= 4 is 11.7 Å². The number of carbonyl (C=O) groups excluding carboxylic acids is 2. The molecule has 0 heterocycles. The van der Waals surface area contributed by atoms with Gasteiger partial charge in [-0.15, -0.1) is 0 Å². The minimum absolute atomic E-state index is 0.0655. The Morgan fingerprint density at radius 1 is 1.17 bits per heavy atom. The van der Waals surface area contributed by atoms with Crippen molar-refractivity contribution < 1.29 is 19.8 Å². The Labute approximate surface area is 105 Å². The zero-order chi connectivity index (χ0) is 13.9. The molecule has 1 amide bonds. The molecule has 0 radical (unpaired) electrons. The van der Waals surface area contributed by atoms with E-state index in [9.17, 15) is 14.7 Å². The topological polar surface area (TPSA) is 86.6 Å². The molecule has 0 saturated carbocycles. The molecule has 0 unspecified atom stereocenters. The number of rotatable bonds is 3. The minimum atomic E-state index is -0.510. The SMILES string of the molecule is CC(C)(C)C(=O)CNC(=O)c1ccc(O)c(O)c1. The standard InChI is InChI=1S/C13H17NO4/c1-13(2,3)11(17)7-14-12(18)8-4-5-9(15)10(16)6-8/h4-6,15-16H,7H2,1-3H3,(H,14,18). The summed E-state index contributed by atoms with van der Waals surface area (Å²) in [6.07, 6.45) is 0. The largest absolute Gasteiger partial charge is 0.504 e. The summed E-state index contributed by atoms with van der Waals surface area (Å²) >= 11 is 0. The van der Waals surface area contributed by atoms with Crippen molar-refractivity contribution in [2.45, 2.75) is 20.8 Å². The van der Waals surface area contributed by atoms with Crippen LogP contribution in [0.2, 0.25) is 0 Å². The van der Waals surface area contributed by atoms with Gasteiger partial charge in [0, 0.05) is 11.0 Å². The normalized spacial score (nSPS) is 11.1. The van der Waals surface area contributed by atoms with Crippen LogP contribution in [0.15, 0.2) is 18.2 Å². The van der Waals surface area contributed by atoms with Crippen LogP contribution < -0.4 is 5.32 Å². The molecular weight excluding hydrogens is 234 g/mol. The van der Waals surface area contributed by atoms with Crippen LogP contribution in [-0.2, 0) is 4.79 Å². The average Bonchev–Trinajstić information content (AvgIpc) is 2.27. The van der Waals surface area contributed by atoms with Gasteiger partial charge in [-0.3, -0.25) is 9.59 Å². The smallest absolute Gasteiger partial charge is 0.251 e. The molecule has 3 N–H and O–H groups in total. The molecule has 1 aromatic rings. The molecule has 0 spiro atoms. The summed E-state index contributed by atoms with van der Waals surface area (Å²) in [5.74, 6) is -1.22. The Morgan fingerprint density at radius 2 is 1.78 bits per heavy atom. The van der Waals surface area contributed by atoms with Gasteiger partial charge in [0.05, 0.1) is 6.54 Å². The van der Waals surface area contributed by atoms with Crippen molar-refractivity contribution in [2.75, 3.05) is 6.54 Å². The van der Waals surface area contributed by atoms with Crippen LogP contribution in [0.1, 0.15) is 31.1 Å². The molecule has 1 aromatic carbocycles. The fourth-order valence-corrected chi connectivity index (χ4v) is 1.19. The molecule has 0 atom stereocenters. The molecule has 0 aliphatic carbocycles. The Bertz CT molecular complexity index is 474. The monoisotopic (exact) mass is 251 g/mol. The zero-order valence-electron chi connectivity index (χ0n) is 10.7. The van der Waals surface area contributed by atoms with Gasteiger partial charge in [0.1, 0.15) is 0 Å². The molecule has 5 heteroatoms.